The summed E-state index contributed by atoms with van der Waals surface area (Å²) < 4.78 is 18.7. The number of hydrogen-bond acceptors (Lipinski definition) is 3. The Balaban J connectivity index is 2.48. The van der Waals surface area contributed by atoms with Crippen LogP contribution in [0.25, 0.3) is 11.1 Å². The number of rotatable bonds is 4. The van der Waals surface area contributed by atoms with Crippen molar-refractivity contribution in [3.8, 4) is 17.0 Å². The van der Waals surface area contributed by atoms with Crippen molar-refractivity contribution < 1.29 is 19.0 Å². The van der Waals surface area contributed by atoms with E-state index in [9.17, 15) is 9.18 Å². The minimum atomic E-state index is -0.995. The van der Waals surface area contributed by atoms with Crippen LogP contribution in [0.15, 0.2) is 36.5 Å². The summed E-state index contributed by atoms with van der Waals surface area (Å²) in [5.74, 6) is -1.14. The second kappa shape index (κ2) is 5.48. The molecule has 0 unspecified atom stereocenters. The molecule has 2 aromatic rings. The minimum absolute atomic E-state index is 0.224. The highest BCUT2D eigenvalue weighted by atomic mass is 19.1. The number of ether oxygens (including phenoxy) is 1. The third-order valence-corrected chi connectivity index (χ3v) is 2.65. The lowest BCUT2D eigenvalue weighted by molar-refractivity contribution is -0.136. The molecule has 19 heavy (non-hydrogen) atoms. The van der Waals surface area contributed by atoms with E-state index in [4.69, 9.17) is 9.84 Å². The molecule has 1 N–H and O–H groups in total. The van der Waals surface area contributed by atoms with E-state index in [1.54, 1.807) is 24.3 Å². The van der Waals surface area contributed by atoms with Crippen molar-refractivity contribution >= 4 is 5.97 Å². The lowest BCUT2D eigenvalue weighted by Crippen LogP contribution is -2.04. The average Bonchev–Trinajstić information content (AvgIpc) is 2.38. The van der Waals surface area contributed by atoms with Crippen LogP contribution >= 0.6 is 0 Å². The Morgan fingerprint density at radius 3 is 2.79 bits per heavy atom. The maximum absolute atomic E-state index is 13.7. The number of aromatic nitrogens is 1. The molecule has 2 rings (SSSR count). The molecule has 98 valence electrons. The number of aliphatic carboxylic acids is 1. The summed E-state index contributed by atoms with van der Waals surface area (Å²) in [5.41, 5.74) is 1.31. The second-order valence-electron chi connectivity index (χ2n) is 3.94. The van der Waals surface area contributed by atoms with Gasteiger partial charge in [-0.25, -0.2) is 9.37 Å². The first kappa shape index (κ1) is 13.0. The van der Waals surface area contributed by atoms with E-state index >= 15 is 0 Å². The Labute approximate surface area is 109 Å². The first-order chi connectivity index (χ1) is 9.11. The van der Waals surface area contributed by atoms with Crippen molar-refractivity contribution in [3.05, 3.63) is 47.9 Å². The molecular formula is C14H12FNO3. The summed E-state index contributed by atoms with van der Waals surface area (Å²) in [6, 6.07) is 7.84. The number of methoxy groups -OCH3 is 1. The number of pyridine rings is 1. The van der Waals surface area contributed by atoms with E-state index in [0.29, 0.717) is 16.7 Å². The standard InChI is InChI=1S/C14H12FNO3/c1-19-14-9(7-13(17)18)6-10(8-16-14)11-4-2-3-5-12(11)15/h2-6,8H,7H2,1H3,(H,17,18). The van der Waals surface area contributed by atoms with Crippen LogP contribution in [0.5, 0.6) is 5.88 Å². The maximum Gasteiger partial charge on any atom is 0.308 e. The van der Waals surface area contributed by atoms with Gasteiger partial charge in [0.2, 0.25) is 5.88 Å². The molecule has 0 spiro atoms. The van der Waals surface area contributed by atoms with Crippen LogP contribution in [-0.2, 0) is 11.2 Å². The van der Waals surface area contributed by atoms with Crippen molar-refractivity contribution in [3.63, 3.8) is 0 Å². The first-order valence-corrected chi connectivity index (χ1v) is 5.61. The van der Waals surface area contributed by atoms with Crippen LogP contribution in [0, 0.1) is 5.82 Å². The highest BCUT2D eigenvalue weighted by Gasteiger charge is 2.12. The zero-order valence-electron chi connectivity index (χ0n) is 10.3. The summed E-state index contributed by atoms with van der Waals surface area (Å²) in [6.07, 6.45) is 1.24. The van der Waals surface area contributed by atoms with Crippen molar-refractivity contribution in [2.45, 2.75) is 6.42 Å². The Morgan fingerprint density at radius 1 is 1.42 bits per heavy atom. The molecule has 0 fully saturated rings. The lowest BCUT2D eigenvalue weighted by Gasteiger charge is -2.09. The van der Waals surface area contributed by atoms with E-state index in [-0.39, 0.29) is 18.1 Å². The monoisotopic (exact) mass is 261 g/mol. The number of hydrogen-bond donors (Lipinski definition) is 1. The van der Waals surface area contributed by atoms with Crippen LogP contribution in [0.4, 0.5) is 4.39 Å². The fourth-order valence-electron chi connectivity index (χ4n) is 1.81. The normalized spacial score (nSPS) is 10.2. The van der Waals surface area contributed by atoms with E-state index in [2.05, 4.69) is 4.98 Å². The summed E-state index contributed by atoms with van der Waals surface area (Å²) >= 11 is 0. The molecule has 1 aromatic heterocycles. The minimum Gasteiger partial charge on any atom is -0.481 e. The van der Waals surface area contributed by atoms with Gasteiger partial charge in [-0.3, -0.25) is 4.79 Å². The highest BCUT2D eigenvalue weighted by Crippen LogP contribution is 2.26. The Bertz CT molecular complexity index is 613. The number of nitrogens with zero attached hydrogens (tertiary/aromatic N) is 1. The van der Waals surface area contributed by atoms with Crippen LogP contribution in [0.1, 0.15) is 5.56 Å². The smallest absolute Gasteiger partial charge is 0.308 e. The second-order valence-corrected chi connectivity index (χ2v) is 3.94. The van der Waals surface area contributed by atoms with Crippen LogP contribution in [0.3, 0.4) is 0 Å². The molecule has 0 aliphatic heterocycles. The molecule has 0 aliphatic carbocycles. The van der Waals surface area contributed by atoms with Crippen LogP contribution in [0.2, 0.25) is 0 Å². The molecule has 4 nitrogen and oxygen atoms in total. The van der Waals surface area contributed by atoms with E-state index in [1.807, 2.05) is 0 Å². The molecule has 5 heteroatoms. The lowest BCUT2D eigenvalue weighted by atomic mass is 10.0. The summed E-state index contributed by atoms with van der Waals surface area (Å²) in [4.78, 5) is 14.8. The third-order valence-electron chi connectivity index (χ3n) is 2.65. The molecule has 1 heterocycles. The highest BCUT2D eigenvalue weighted by molar-refractivity contribution is 5.73. The van der Waals surface area contributed by atoms with Gasteiger partial charge in [-0.05, 0) is 12.1 Å². The van der Waals surface area contributed by atoms with Crippen molar-refractivity contribution in [1.82, 2.24) is 4.98 Å². The number of carboxylic acids is 1. The topological polar surface area (TPSA) is 59.4 Å². The van der Waals surface area contributed by atoms with Crippen LogP contribution in [-0.4, -0.2) is 23.2 Å². The van der Waals surface area contributed by atoms with Gasteiger partial charge >= 0.3 is 5.97 Å². The maximum atomic E-state index is 13.7. The summed E-state index contributed by atoms with van der Waals surface area (Å²) in [5, 5.41) is 8.85. The molecule has 0 atom stereocenters. The van der Waals surface area contributed by atoms with E-state index in [0.717, 1.165) is 0 Å². The fourth-order valence-corrected chi connectivity index (χ4v) is 1.81. The molecule has 0 aliphatic rings. The number of carboxylic acid groups (broad SMARTS) is 1. The summed E-state index contributed by atoms with van der Waals surface area (Å²) in [7, 11) is 1.41. The van der Waals surface area contributed by atoms with Crippen LogP contribution < -0.4 is 4.74 Å². The average molecular weight is 261 g/mol. The molecule has 0 saturated carbocycles. The van der Waals surface area contributed by atoms with Crippen molar-refractivity contribution in [1.29, 1.82) is 0 Å². The predicted octanol–water partition coefficient (Wildman–Crippen LogP) is 2.52. The first-order valence-electron chi connectivity index (χ1n) is 5.61. The van der Waals surface area contributed by atoms with Gasteiger partial charge in [0.1, 0.15) is 5.82 Å². The van der Waals surface area contributed by atoms with E-state index < -0.39 is 5.97 Å². The molecule has 1 aromatic carbocycles. The quantitative estimate of drug-likeness (QED) is 0.918. The van der Waals surface area contributed by atoms with Gasteiger partial charge in [0.15, 0.2) is 0 Å². The Kier molecular flexibility index (Phi) is 3.75. The van der Waals surface area contributed by atoms with Gasteiger partial charge < -0.3 is 9.84 Å². The number of carbonyl (C=O) groups is 1. The van der Waals surface area contributed by atoms with Gasteiger partial charge in [0.05, 0.1) is 13.5 Å². The molecule has 0 saturated heterocycles. The molecule has 0 amide bonds. The van der Waals surface area contributed by atoms with Gasteiger partial charge in [0.25, 0.3) is 0 Å². The zero-order valence-corrected chi connectivity index (χ0v) is 10.3. The number of benzene rings is 1. The van der Waals surface area contributed by atoms with Gasteiger partial charge in [-0.15, -0.1) is 0 Å². The van der Waals surface area contributed by atoms with Gasteiger partial charge in [-0.1, -0.05) is 18.2 Å². The largest absolute Gasteiger partial charge is 0.481 e. The van der Waals surface area contributed by atoms with E-state index in [1.165, 1.54) is 19.4 Å². The molecule has 0 radical (unpaired) electrons. The molecule has 0 bridgehead atoms. The van der Waals surface area contributed by atoms with Crippen molar-refractivity contribution in [2.75, 3.05) is 7.11 Å². The third kappa shape index (κ3) is 2.88. The Morgan fingerprint density at radius 2 is 2.16 bits per heavy atom. The number of halogens is 1. The van der Waals surface area contributed by atoms with Gasteiger partial charge in [0, 0.05) is 22.9 Å². The Hall–Kier alpha value is -2.43. The van der Waals surface area contributed by atoms with Crippen molar-refractivity contribution in [2.24, 2.45) is 0 Å². The van der Waals surface area contributed by atoms with Gasteiger partial charge in [-0.2, -0.15) is 0 Å². The zero-order chi connectivity index (χ0) is 13.8. The fraction of sp³-hybridized carbons (Fsp3) is 0.143. The summed E-state index contributed by atoms with van der Waals surface area (Å²) in [6.45, 7) is 0. The molecular weight excluding hydrogens is 249 g/mol. The predicted molar refractivity (Wildman–Crippen MR) is 67.5 cm³/mol. The SMILES string of the molecule is COc1ncc(-c2ccccc2F)cc1CC(=O)O.